The lowest BCUT2D eigenvalue weighted by atomic mass is 9.95. The monoisotopic (exact) mass is 343 g/mol. The number of amides is 1. The summed E-state index contributed by atoms with van der Waals surface area (Å²) in [6.07, 6.45) is 8.31. The molecular formula is C18H25N5O2. The van der Waals surface area contributed by atoms with E-state index in [2.05, 4.69) is 20.4 Å². The van der Waals surface area contributed by atoms with Crippen LogP contribution in [-0.2, 0) is 12.8 Å². The maximum absolute atomic E-state index is 12.6. The Hall–Kier alpha value is -2.44. The zero-order valence-corrected chi connectivity index (χ0v) is 14.9. The first kappa shape index (κ1) is 17.4. The molecule has 0 saturated carbocycles. The highest BCUT2D eigenvalue weighted by molar-refractivity contribution is 5.92. The number of likely N-dealkylation sites (tertiary alicyclic amines) is 1. The third kappa shape index (κ3) is 4.35. The second kappa shape index (κ2) is 8.09. The van der Waals surface area contributed by atoms with Crippen molar-refractivity contribution in [2.75, 3.05) is 25.5 Å². The van der Waals surface area contributed by atoms with Crippen molar-refractivity contribution in [1.82, 2.24) is 20.0 Å². The molecule has 0 spiro atoms. The largest absolute Gasteiger partial charge is 0.372 e. The summed E-state index contributed by atoms with van der Waals surface area (Å²) in [7, 11) is 1.83. The molecule has 0 aromatic carbocycles. The zero-order chi connectivity index (χ0) is 17.6. The van der Waals surface area contributed by atoms with E-state index in [-0.39, 0.29) is 5.91 Å². The van der Waals surface area contributed by atoms with Crippen molar-refractivity contribution in [2.45, 2.75) is 39.0 Å². The second-order valence-electron chi connectivity index (χ2n) is 6.47. The molecule has 3 rings (SSSR count). The van der Waals surface area contributed by atoms with E-state index in [4.69, 9.17) is 4.52 Å². The van der Waals surface area contributed by atoms with Crippen molar-refractivity contribution < 1.29 is 9.32 Å². The lowest BCUT2D eigenvalue weighted by Gasteiger charge is -2.19. The van der Waals surface area contributed by atoms with E-state index < -0.39 is 0 Å². The summed E-state index contributed by atoms with van der Waals surface area (Å²) in [5, 5.41) is 6.88. The molecule has 1 amide bonds. The van der Waals surface area contributed by atoms with Crippen LogP contribution in [0.25, 0.3) is 0 Å². The van der Waals surface area contributed by atoms with Gasteiger partial charge in [-0.15, -0.1) is 0 Å². The van der Waals surface area contributed by atoms with Crippen molar-refractivity contribution in [2.24, 2.45) is 5.92 Å². The van der Waals surface area contributed by atoms with Crippen molar-refractivity contribution in [3.05, 3.63) is 35.6 Å². The highest BCUT2D eigenvalue weighted by Crippen LogP contribution is 2.22. The van der Waals surface area contributed by atoms with Crippen molar-refractivity contribution in [3.63, 3.8) is 0 Å². The van der Waals surface area contributed by atoms with Gasteiger partial charge in [0.25, 0.3) is 5.91 Å². The van der Waals surface area contributed by atoms with Crippen LogP contribution < -0.4 is 5.32 Å². The van der Waals surface area contributed by atoms with E-state index in [0.717, 1.165) is 62.5 Å². The molecule has 1 aliphatic rings. The molecule has 2 aromatic heterocycles. The fraction of sp³-hybridized carbons (Fsp3) is 0.556. The summed E-state index contributed by atoms with van der Waals surface area (Å²) in [6.45, 7) is 3.51. The zero-order valence-electron chi connectivity index (χ0n) is 14.9. The lowest BCUT2D eigenvalue weighted by molar-refractivity contribution is 0.0749. The molecule has 0 radical (unpaired) electrons. The predicted octanol–water partition coefficient (Wildman–Crippen LogP) is 2.55. The van der Waals surface area contributed by atoms with E-state index in [0.29, 0.717) is 11.6 Å². The van der Waals surface area contributed by atoms with E-state index >= 15 is 0 Å². The predicted molar refractivity (Wildman–Crippen MR) is 94.4 cm³/mol. The SMILES string of the molecule is CCc1cc(C(=O)N2CCC[C@@H](Cc3cnc(NC)cn3)CC2)no1. The summed E-state index contributed by atoms with van der Waals surface area (Å²) in [5.41, 5.74) is 1.43. The van der Waals surface area contributed by atoms with E-state index in [1.807, 2.05) is 25.1 Å². The van der Waals surface area contributed by atoms with E-state index in [9.17, 15) is 4.79 Å². The smallest absolute Gasteiger partial charge is 0.276 e. The molecule has 2 aromatic rings. The average molecular weight is 343 g/mol. The van der Waals surface area contributed by atoms with Gasteiger partial charge in [-0.05, 0) is 31.6 Å². The summed E-state index contributed by atoms with van der Waals surface area (Å²) < 4.78 is 5.16. The molecule has 0 bridgehead atoms. The van der Waals surface area contributed by atoms with Gasteiger partial charge < -0.3 is 14.7 Å². The molecule has 1 N–H and O–H groups in total. The van der Waals surface area contributed by atoms with Crippen LogP contribution in [0.4, 0.5) is 5.82 Å². The molecule has 1 saturated heterocycles. The number of carbonyl (C=O) groups excluding carboxylic acids is 1. The van der Waals surface area contributed by atoms with Gasteiger partial charge in [-0.1, -0.05) is 12.1 Å². The minimum Gasteiger partial charge on any atom is -0.372 e. The lowest BCUT2D eigenvalue weighted by Crippen LogP contribution is -2.32. The number of hydrogen-bond acceptors (Lipinski definition) is 6. The van der Waals surface area contributed by atoms with Crippen LogP contribution in [0, 0.1) is 5.92 Å². The van der Waals surface area contributed by atoms with Gasteiger partial charge in [-0.3, -0.25) is 9.78 Å². The Kier molecular flexibility index (Phi) is 5.63. The van der Waals surface area contributed by atoms with Gasteiger partial charge in [0.2, 0.25) is 0 Å². The quantitative estimate of drug-likeness (QED) is 0.898. The van der Waals surface area contributed by atoms with Crippen LogP contribution in [0.2, 0.25) is 0 Å². The molecular weight excluding hydrogens is 318 g/mol. The molecule has 1 atom stereocenters. The van der Waals surface area contributed by atoms with Gasteiger partial charge in [-0.2, -0.15) is 0 Å². The molecule has 1 fully saturated rings. The number of aromatic nitrogens is 3. The van der Waals surface area contributed by atoms with Crippen molar-refractivity contribution in [3.8, 4) is 0 Å². The van der Waals surface area contributed by atoms with Crippen LogP contribution in [-0.4, -0.2) is 46.1 Å². The maximum atomic E-state index is 12.6. The molecule has 1 aliphatic heterocycles. The highest BCUT2D eigenvalue weighted by Gasteiger charge is 2.24. The number of nitrogens with one attached hydrogen (secondary N) is 1. The highest BCUT2D eigenvalue weighted by atomic mass is 16.5. The molecule has 0 aliphatic carbocycles. The van der Waals surface area contributed by atoms with Gasteiger partial charge in [-0.25, -0.2) is 4.98 Å². The Morgan fingerprint density at radius 1 is 1.32 bits per heavy atom. The summed E-state index contributed by atoms with van der Waals surface area (Å²) >= 11 is 0. The van der Waals surface area contributed by atoms with Crippen LogP contribution in [0.15, 0.2) is 23.0 Å². The Labute approximate surface area is 147 Å². The summed E-state index contributed by atoms with van der Waals surface area (Å²) in [5.74, 6) is 2.03. The fourth-order valence-electron chi connectivity index (χ4n) is 3.20. The number of aryl methyl sites for hydroxylation is 1. The molecule has 134 valence electrons. The molecule has 7 nitrogen and oxygen atoms in total. The number of nitrogens with zero attached hydrogens (tertiary/aromatic N) is 4. The summed E-state index contributed by atoms with van der Waals surface area (Å²) in [6, 6.07) is 1.75. The number of hydrogen-bond donors (Lipinski definition) is 1. The minimum absolute atomic E-state index is 0.0257. The van der Waals surface area contributed by atoms with E-state index in [1.165, 1.54) is 0 Å². The third-order valence-electron chi connectivity index (χ3n) is 4.72. The number of carbonyl (C=O) groups is 1. The van der Waals surface area contributed by atoms with Gasteiger partial charge in [0.15, 0.2) is 5.69 Å². The first-order valence-electron chi connectivity index (χ1n) is 8.93. The van der Waals surface area contributed by atoms with E-state index in [1.54, 1.807) is 12.3 Å². The Bertz CT molecular complexity index is 698. The topological polar surface area (TPSA) is 84.2 Å². The number of rotatable bonds is 5. The first-order chi connectivity index (χ1) is 12.2. The second-order valence-corrected chi connectivity index (χ2v) is 6.47. The Morgan fingerprint density at radius 2 is 2.20 bits per heavy atom. The Balaban J connectivity index is 1.56. The van der Waals surface area contributed by atoms with Gasteiger partial charge in [0, 0.05) is 32.6 Å². The third-order valence-corrected chi connectivity index (χ3v) is 4.72. The van der Waals surface area contributed by atoms with Gasteiger partial charge >= 0.3 is 0 Å². The van der Waals surface area contributed by atoms with Crippen molar-refractivity contribution in [1.29, 1.82) is 0 Å². The maximum Gasteiger partial charge on any atom is 0.276 e. The molecule has 25 heavy (non-hydrogen) atoms. The van der Waals surface area contributed by atoms with Crippen LogP contribution in [0.3, 0.4) is 0 Å². The average Bonchev–Trinajstić information content (AvgIpc) is 3.02. The van der Waals surface area contributed by atoms with Crippen LogP contribution >= 0.6 is 0 Å². The fourth-order valence-corrected chi connectivity index (χ4v) is 3.20. The van der Waals surface area contributed by atoms with Crippen LogP contribution in [0.1, 0.15) is 48.1 Å². The van der Waals surface area contributed by atoms with Gasteiger partial charge in [0.05, 0.1) is 18.1 Å². The van der Waals surface area contributed by atoms with Crippen LogP contribution in [0.5, 0.6) is 0 Å². The first-order valence-corrected chi connectivity index (χ1v) is 8.93. The molecule has 0 unspecified atom stereocenters. The van der Waals surface area contributed by atoms with Gasteiger partial charge in [0.1, 0.15) is 11.6 Å². The number of anilines is 1. The molecule has 3 heterocycles. The standard InChI is InChI=1S/C18H25N5O2/c1-3-15-10-16(22-25-15)18(24)23-7-4-5-13(6-8-23)9-14-11-21-17(19-2)12-20-14/h10-13H,3-9H2,1-2H3,(H,19,21)/t13-/m1/s1. The van der Waals surface area contributed by atoms with Crippen molar-refractivity contribution >= 4 is 11.7 Å². The Morgan fingerprint density at radius 3 is 2.88 bits per heavy atom. The summed E-state index contributed by atoms with van der Waals surface area (Å²) in [4.78, 5) is 23.3. The normalized spacial score (nSPS) is 18.0. The molecule has 7 heteroatoms. The minimum atomic E-state index is -0.0257.